The quantitative estimate of drug-likeness (QED) is 0.307. The van der Waals surface area contributed by atoms with Crippen molar-refractivity contribution in [1.29, 1.82) is 5.39 Å². The van der Waals surface area contributed by atoms with Gasteiger partial charge in [0.25, 0.3) is 0 Å². The third kappa shape index (κ3) is 4.68. The third-order valence-corrected chi connectivity index (χ3v) is 11.3. The molecule has 4 saturated carbocycles. The van der Waals surface area contributed by atoms with Crippen LogP contribution in [0.3, 0.4) is 0 Å². The maximum Gasteiger partial charge on any atom is 0.429 e. The fraction of sp³-hybridized carbons (Fsp3) is 0.931. The maximum absolute atomic E-state index is 9.82. The van der Waals surface area contributed by atoms with E-state index >= 15 is 0 Å². The predicted molar refractivity (Wildman–Crippen MR) is 134 cm³/mol. The number of fused-ring (bicyclic) bond motifs is 5. The second-order valence-electron chi connectivity index (χ2n) is 13.3. The first-order valence-corrected chi connectivity index (χ1v) is 14.1. The van der Waals surface area contributed by atoms with Crippen LogP contribution in [-0.2, 0) is 4.74 Å². The first-order valence-electron chi connectivity index (χ1n) is 14.1. The maximum atomic E-state index is 9.82. The zero-order chi connectivity index (χ0) is 23.8. The number of diazo groups is 1. The normalized spacial score (nSPS) is 43.8. The summed E-state index contributed by atoms with van der Waals surface area (Å²) < 4.78 is 5.70. The lowest BCUT2D eigenvalue weighted by molar-refractivity contribution is -0.136. The van der Waals surface area contributed by atoms with Crippen molar-refractivity contribution in [3.63, 3.8) is 0 Å². The van der Waals surface area contributed by atoms with Crippen LogP contribution in [0.2, 0.25) is 0 Å². The molecule has 4 nitrogen and oxygen atoms in total. The van der Waals surface area contributed by atoms with Gasteiger partial charge in [-0.2, -0.15) is 0 Å². The van der Waals surface area contributed by atoms with Gasteiger partial charge in [0.1, 0.15) is 6.10 Å². The van der Waals surface area contributed by atoms with Gasteiger partial charge >= 0.3 is 12.1 Å². The number of aliphatic hydroxyl groups excluding tert-OH is 1. The summed E-state index contributed by atoms with van der Waals surface area (Å²) in [5.41, 5.74) is 0.984. The lowest BCUT2D eigenvalue weighted by Crippen LogP contribution is -2.54. The molecule has 0 aromatic rings. The van der Waals surface area contributed by atoms with E-state index in [9.17, 15) is 5.11 Å². The first-order chi connectivity index (χ1) is 15.7. The number of rotatable bonds is 7. The van der Waals surface area contributed by atoms with Crippen LogP contribution < -0.4 is 0 Å². The minimum atomic E-state index is -0.257. The Bertz CT molecular complexity index is 757. The average Bonchev–Trinajstić information content (AvgIpc) is 3.11. The van der Waals surface area contributed by atoms with Gasteiger partial charge in [-0.05, 0) is 110 Å². The largest absolute Gasteiger partial charge is 0.476 e. The van der Waals surface area contributed by atoms with Crippen LogP contribution in [0.25, 0.3) is 4.98 Å². The van der Waals surface area contributed by atoms with Gasteiger partial charge in [0.15, 0.2) is 4.98 Å². The Kier molecular flexibility index (Phi) is 7.38. The molecule has 9 atom stereocenters. The molecule has 4 heteroatoms. The number of hydrogen-bond donors (Lipinski definition) is 1. The van der Waals surface area contributed by atoms with Crippen molar-refractivity contribution in [1.82, 2.24) is 0 Å². The van der Waals surface area contributed by atoms with E-state index in [0.29, 0.717) is 16.7 Å². The summed E-state index contributed by atoms with van der Waals surface area (Å²) in [6.45, 7) is 12.6. The van der Waals surface area contributed by atoms with Crippen molar-refractivity contribution in [3.8, 4) is 0 Å². The van der Waals surface area contributed by atoms with E-state index in [4.69, 9.17) is 10.1 Å². The van der Waals surface area contributed by atoms with Crippen molar-refractivity contribution >= 4 is 0 Å². The first kappa shape index (κ1) is 24.9. The molecule has 4 rings (SSSR count). The summed E-state index contributed by atoms with van der Waals surface area (Å²) in [7, 11) is 0. The summed E-state index contributed by atoms with van der Waals surface area (Å²) >= 11 is 0. The average molecular weight is 458 g/mol. The van der Waals surface area contributed by atoms with E-state index in [2.05, 4.69) is 39.6 Å². The second-order valence-corrected chi connectivity index (χ2v) is 13.3. The van der Waals surface area contributed by atoms with Crippen LogP contribution in [0, 0.1) is 57.6 Å². The standard InChI is InChI=1S/C29H48N2O2/c1-19(2)7-6-8-20(3)24-11-12-25-23-10-9-21-17-22(33-27(32)18-31-30)13-15-28(21,4)26(23)14-16-29(24,25)5/h18-26H,6-17H2,1-5H3/p+1/b27-18-/t20-,21+,22+,23+,24-,25+,26+,28+,29-/m1/s1. The summed E-state index contributed by atoms with van der Waals surface area (Å²) in [6.07, 6.45) is 17.0. The number of ether oxygens (including phenoxy) is 1. The highest BCUT2D eigenvalue weighted by Crippen LogP contribution is 2.68. The van der Waals surface area contributed by atoms with E-state index in [1.807, 2.05) is 0 Å². The van der Waals surface area contributed by atoms with Crippen molar-refractivity contribution in [2.24, 2.45) is 52.3 Å². The highest BCUT2D eigenvalue weighted by molar-refractivity contribution is 5.10. The summed E-state index contributed by atoms with van der Waals surface area (Å²) in [5, 5.41) is 18.5. The molecule has 33 heavy (non-hydrogen) atoms. The van der Waals surface area contributed by atoms with Crippen LogP contribution >= 0.6 is 0 Å². The molecule has 0 aromatic carbocycles. The second kappa shape index (κ2) is 9.79. The van der Waals surface area contributed by atoms with Crippen LogP contribution in [0.4, 0.5) is 0 Å². The number of aliphatic hydroxyl groups is 1. The lowest BCUT2D eigenvalue weighted by atomic mass is 9.44. The molecule has 4 aliphatic rings. The molecular formula is C29H49N2O2+. The van der Waals surface area contributed by atoms with Gasteiger partial charge in [-0.25, -0.2) is 0 Å². The Labute approximate surface area is 202 Å². The molecule has 4 fully saturated rings. The highest BCUT2D eigenvalue weighted by atomic mass is 16.6. The molecule has 0 aliphatic heterocycles. The van der Waals surface area contributed by atoms with E-state index < -0.39 is 0 Å². The number of hydrogen-bond acceptors (Lipinski definition) is 3. The molecule has 0 amide bonds. The molecule has 0 saturated heterocycles. The molecule has 0 bridgehead atoms. The van der Waals surface area contributed by atoms with Crippen molar-refractivity contribution < 1.29 is 9.84 Å². The molecular weight excluding hydrogens is 408 g/mol. The van der Waals surface area contributed by atoms with Crippen LogP contribution in [-0.4, -0.2) is 11.2 Å². The highest BCUT2D eigenvalue weighted by Gasteiger charge is 2.60. The van der Waals surface area contributed by atoms with Crippen molar-refractivity contribution in [2.75, 3.05) is 0 Å². The minimum Gasteiger partial charge on any atom is -0.476 e. The van der Waals surface area contributed by atoms with Crippen molar-refractivity contribution in [3.05, 3.63) is 17.1 Å². The third-order valence-electron chi connectivity index (χ3n) is 11.3. The van der Waals surface area contributed by atoms with Crippen LogP contribution in [0.15, 0.2) is 12.1 Å². The van der Waals surface area contributed by atoms with Gasteiger partial charge in [0, 0.05) is 0 Å². The summed E-state index contributed by atoms with van der Waals surface area (Å²) in [6, 6.07) is 0. The fourth-order valence-corrected chi connectivity index (χ4v) is 9.60. The molecule has 186 valence electrons. The predicted octanol–water partition coefficient (Wildman–Crippen LogP) is 8.70. The SMILES string of the molecule is CC(C)CCC[C@@H](C)[C@H]1CC[C@H]2[C@@H]3CC[C@H]4C[C@@H](O/C(O)=C\[N+]#N)CC[C@]4(C)[C@H]3CC[C@]12C. The van der Waals surface area contributed by atoms with Gasteiger partial charge < -0.3 is 9.84 Å². The molecule has 0 heterocycles. The smallest absolute Gasteiger partial charge is 0.429 e. The van der Waals surface area contributed by atoms with E-state index in [0.717, 1.165) is 54.5 Å². The van der Waals surface area contributed by atoms with Crippen molar-refractivity contribution in [2.45, 2.75) is 118 Å². The molecule has 0 aromatic heterocycles. The number of nitrogens with zero attached hydrogens (tertiary/aromatic N) is 2. The monoisotopic (exact) mass is 457 g/mol. The van der Waals surface area contributed by atoms with E-state index in [1.54, 1.807) is 0 Å². The Hall–Kier alpha value is -1.24. The Morgan fingerprint density at radius 1 is 1.00 bits per heavy atom. The summed E-state index contributed by atoms with van der Waals surface area (Å²) in [5.74, 6) is 5.77. The molecule has 0 unspecified atom stereocenters. The van der Waals surface area contributed by atoms with Crippen LogP contribution in [0.1, 0.15) is 112 Å². The van der Waals surface area contributed by atoms with E-state index in [1.165, 1.54) is 64.2 Å². The lowest BCUT2D eigenvalue weighted by Gasteiger charge is -2.61. The molecule has 1 N–H and O–H groups in total. The van der Waals surface area contributed by atoms with Gasteiger partial charge in [0.05, 0.1) is 0 Å². The molecule has 0 radical (unpaired) electrons. The van der Waals surface area contributed by atoms with Gasteiger partial charge in [-0.1, -0.05) is 53.9 Å². The van der Waals surface area contributed by atoms with Gasteiger partial charge in [-0.3, -0.25) is 0 Å². The topological polar surface area (TPSA) is 57.6 Å². The zero-order valence-electron chi connectivity index (χ0n) is 21.9. The Morgan fingerprint density at radius 3 is 2.45 bits per heavy atom. The van der Waals surface area contributed by atoms with E-state index in [-0.39, 0.29) is 12.0 Å². The summed E-state index contributed by atoms with van der Waals surface area (Å²) in [4.78, 5) is 2.89. The zero-order valence-corrected chi connectivity index (χ0v) is 21.9. The van der Waals surface area contributed by atoms with Gasteiger partial charge in [-0.15, -0.1) is 0 Å². The molecule has 0 spiro atoms. The van der Waals surface area contributed by atoms with Gasteiger partial charge in [0.2, 0.25) is 5.39 Å². The van der Waals surface area contributed by atoms with Crippen LogP contribution in [0.5, 0.6) is 0 Å². The Balaban J connectivity index is 1.42. The Morgan fingerprint density at radius 2 is 1.73 bits per heavy atom. The minimum absolute atomic E-state index is 0.0500. The molecule has 4 aliphatic carbocycles. The fourth-order valence-electron chi connectivity index (χ4n) is 9.60.